The average Bonchev–Trinajstić information content (AvgIpc) is 2.78. The first-order valence-electron chi connectivity index (χ1n) is 9.71. The molecule has 158 valence electrons. The third-order valence-corrected chi connectivity index (χ3v) is 5.17. The van der Waals surface area contributed by atoms with Crippen LogP contribution in [0.15, 0.2) is 53.0 Å². The molecule has 1 saturated heterocycles. The van der Waals surface area contributed by atoms with E-state index in [1.54, 1.807) is 24.0 Å². The summed E-state index contributed by atoms with van der Waals surface area (Å²) in [6, 6.07) is 7.50. The Balaban J connectivity index is 1.77. The summed E-state index contributed by atoms with van der Waals surface area (Å²) in [7, 11) is 2.68. The van der Waals surface area contributed by atoms with Gasteiger partial charge in [-0.15, -0.1) is 0 Å². The van der Waals surface area contributed by atoms with E-state index >= 15 is 0 Å². The van der Waals surface area contributed by atoms with Crippen LogP contribution in [-0.2, 0) is 35.0 Å². The number of rotatable bonds is 6. The van der Waals surface area contributed by atoms with Crippen LogP contribution in [0.25, 0.3) is 6.08 Å². The highest BCUT2D eigenvalue weighted by atomic mass is 16.5. The van der Waals surface area contributed by atoms with Crippen molar-refractivity contribution in [3.63, 3.8) is 0 Å². The van der Waals surface area contributed by atoms with Crippen LogP contribution in [-0.4, -0.2) is 62.9 Å². The largest absolute Gasteiger partial charge is 0.489 e. The van der Waals surface area contributed by atoms with Crippen LogP contribution < -0.4 is 0 Å². The van der Waals surface area contributed by atoms with Crippen LogP contribution in [0.5, 0.6) is 0 Å². The molecule has 1 amide bonds. The van der Waals surface area contributed by atoms with Gasteiger partial charge in [0.15, 0.2) is 0 Å². The molecule has 1 aliphatic heterocycles. The summed E-state index contributed by atoms with van der Waals surface area (Å²) < 4.78 is 15.5. The lowest BCUT2D eigenvalue weighted by molar-refractivity contribution is -0.129. The molecule has 7 nitrogen and oxygen atoms in total. The van der Waals surface area contributed by atoms with Gasteiger partial charge in [-0.2, -0.15) is 0 Å². The molecule has 30 heavy (non-hydrogen) atoms. The van der Waals surface area contributed by atoms with Crippen LogP contribution in [0.1, 0.15) is 18.1 Å². The zero-order valence-electron chi connectivity index (χ0n) is 17.4. The van der Waals surface area contributed by atoms with Crippen molar-refractivity contribution in [3.8, 4) is 0 Å². The number of benzene rings is 1. The van der Waals surface area contributed by atoms with Crippen molar-refractivity contribution < 1.29 is 28.6 Å². The highest BCUT2D eigenvalue weighted by Crippen LogP contribution is 2.28. The van der Waals surface area contributed by atoms with Gasteiger partial charge in [-0.3, -0.25) is 14.4 Å². The fourth-order valence-electron chi connectivity index (χ4n) is 3.47. The summed E-state index contributed by atoms with van der Waals surface area (Å²) in [4.78, 5) is 39.4. The van der Waals surface area contributed by atoms with Gasteiger partial charge < -0.3 is 19.1 Å². The summed E-state index contributed by atoms with van der Waals surface area (Å²) in [5.74, 6) is -0.902. The molecule has 0 unspecified atom stereocenters. The zero-order valence-corrected chi connectivity index (χ0v) is 17.4. The van der Waals surface area contributed by atoms with Gasteiger partial charge in [0.1, 0.15) is 0 Å². The number of methoxy groups -OCH3 is 2. The number of carbonyl (C=O) groups excluding carboxylic acids is 3. The van der Waals surface area contributed by atoms with Gasteiger partial charge in [-0.1, -0.05) is 24.3 Å². The van der Waals surface area contributed by atoms with E-state index < -0.39 is 0 Å². The molecule has 0 bridgehead atoms. The van der Waals surface area contributed by atoms with E-state index in [1.807, 2.05) is 24.3 Å². The number of ketones is 2. The maximum atomic E-state index is 12.8. The summed E-state index contributed by atoms with van der Waals surface area (Å²) in [6.45, 7) is 3.90. The van der Waals surface area contributed by atoms with E-state index in [0.29, 0.717) is 37.4 Å². The Hall–Kier alpha value is -3.19. The second-order valence-corrected chi connectivity index (χ2v) is 7.02. The summed E-state index contributed by atoms with van der Waals surface area (Å²) in [5, 5.41) is 0. The van der Waals surface area contributed by atoms with E-state index in [-0.39, 0.29) is 35.4 Å². The number of ether oxygens (including phenoxy) is 3. The Kier molecular flexibility index (Phi) is 6.84. The molecule has 1 aromatic rings. The first kappa shape index (κ1) is 21.5. The van der Waals surface area contributed by atoms with Gasteiger partial charge in [0.25, 0.3) is 0 Å². The highest BCUT2D eigenvalue weighted by Gasteiger charge is 2.34. The lowest BCUT2D eigenvalue weighted by atomic mass is 9.88. The second kappa shape index (κ2) is 9.54. The van der Waals surface area contributed by atoms with Gasteiger partial charge in [0.05, 0.1) is 27.4 Å². The Morgan fingerprint density at radius 3 is 2.43 bits per heavy atom. The Bertz CT molecular complexity index is 950. The lowest BCUT2D eigenvalue weighted by Crippen LogP contribution is -2.39. The third kappa shape index (κ3) is 4.52. The molecule has 1 heterocycles. The normalized spacial score (nSPS) is 17.8. The molecule has 7 heteroatoms. The van der Waals surface area contributed by atoms with Crippen molar-refractivity contribution in [2.24, 2.45) is 0 Å². The van der Waals surface area contributed by atoms with Crippen molar-refractivity contribution in [3.05, 3.63) is 64.1 Å². The summed E-state index contributed by atoms with van der Waals surface area (Å²) in [6.07, 6.45) is 3.57. The van der Waals surface area contributed by atoms with Crippen molar-refractivity contribution in [1.29, 1.82) is 0 Å². The van der Waals surface area contributed by atoms with Crippen LogP contribution in [0.4, 0.5) is 0 Å². The lowest BCUT2D eigenvalue weighted by Gasteiger charge is -2.25. The van der Waals surface area contributed by atoms with Crippen LogP contribution in [0.3, 0.4) is 0 Å². The smallest absolute Gasteiger partial charge is 0.246 e. The minimum absolute atomic E-state index is 0.0581. The minimum Gasteiger partial charge on any atom is -0.489 e. The number of nitrogens with zero attached hydrogens (tertiary/aromatic N) is 1. The van der Waals surface area contributed by atoms with Crippen molar-refractivity contribution in [1.82, 2.24) is 4.90 Å². The molecule has 0 N–H and O–H groups in total. The first-order valence-corrected chi connectivity index (χ1v) is 9.71. The molecule has 1 aliphatic carbocycles. The molecule has 0 spiro atoms. The fourth-order valence-corrected chi connectivity index (χ4v) is 3.47. The summed E-state index contributed by atoms with van der Waals surface area (Å²) >= 11 is 0. The molecule has 3 rings (SSSR count). The van der Waals surface area contributed by atoms with Crippen molar-refractivity contribution >= 4 is 23.5 Å². The SMILES string of the molecule is COC1=C(OC)C(=O)C(Cc2cccc(C=CC(=O)N3CCOCC3)c2)=C(C)C1=O. The predicted octanol–water partition coefficient (Wildman–Crippen LogP) is 2.07. The number of hydrogen-bond acceptors (Lipinski definition) is 6. The number of carbonyl (C=O) groups is 3. The van der Waals surface area contributed by atoms with E-state index in [4.69, 9.17) is 14.2 Å². The number of Topliss-reactive ketones (excluding diaryl/α,β-unsaturated/α-hetero) is 2. The Morgan fingerprint density at radius 2 is 1.77 bits per heavy atom. The van der Waals surface area contributed by atoms with Crippen molar-refractivity contribution in [2.45, 2.75) is 13.3 Å². The molecule has 0 saturated carbocycles. The van der Waals surface area contributed by atoms with Crippen LogP contribution >= 0.6 is 0 Å². The Labute approximate surface area is 175 Å². The van der Waals surface area contributed by atoms with Gasteiger partial charge in [-0.05, 0) is 24.1 Å². The molecule has 0 aromatic heterocycles. The minimum atomic E-state index is -0.352. The third-order valence-electron chi connectivity index (χ3n) is 5.17. The predicted molar refractivity (Wildman–Crippen MR) is 110 cm³/mol. The van der Waals surface area contributed by atoms with Gasteiger partial charge in [0, 0.05) is 36.7 Å². The molecule has 2 aliphatic rings. The number of amides is 1. The molecule has 1 fully saturated rings. The molecular weight excluding hydrogens is 386 g/mol. The maximum absolute atomic E-state index is 12.8. The van der Waals surface area contributed by atoms with Crippen LogP contribution in [0, 0.1) is 0 Å². The standard InChI is InChI=1S/C23H25NO6/c1-15-18(21(27)23(29-3)22(28-2)20(15)26)14-17-6-4-5-16(13-17)7-8-19(25)24-9-11-30-12-10-24/h4-8,13H,9-12,14H2,1-3H3. The number of hydrogen-bond donors (Lipinski definition) is 0. The second-order valence-electron chi connectivity index (χ2n) is 7.02. The monoisotopic (exact) mass is 411 g/mol. The van der Waals surface area contributed by atoms with Crippen molar-refractivity contribution in [2.75, 3.05) is 40.5 Å². The maximum Gasteiger partial charge on any atom is 0.246 e. The van der Waals surface area contributed by atoms with E-state index in [9.17, 15) is 14.4 Å². The van der Waals surface area contributed by atoms with E-state index in [2.05, 4.69) is 0 Å². The molecular formula is C23H25NO6. The molecule has 0 radical (unpaired) electrons. The molecule has 0 atom stereocenters. The fraction of sp³-hybridized carbons (Fsp3) is 0.348. The first-order chi connectivity index (χ1) is 14.5. The quantitative estimate of drug-likeness (QED) is 0.527. The Morgan fingerprint density at radius 1 is 1.10 bits per heavy atom. The average molecular weight is 411 g/mol. The number of morpholine rings is 1. The van der Waals surface area contributed by atoms with Crippen LogP contribution in [0.2, 0.25) is 0 Å². The van der Waals surface area contributed by atoms with E-state index in [1.165, 1.54) is 14.2 Å². The van der Waals surface area contributed by atoms with Gasteiger partial charge in [0.2, 0.25) is 29.0 Å². The topological polar surface area (TPSA) is 82.1 Å². The van der Waals surface area contributed by atoms with Gasteiger partial charge in [-0.25, -0.2) is 0 Å². The molecule has 1 aromatic carbocycles. The number of allylic oxidation sites excluding steroid dienone is 2. The summed E-state index contributed by atoms with van der Waals surface area (Å²) in [5.41, 5.74) is 2.41. The van der Waals surface area contributed by atoms with E-state index in [0.717, 1.165) is 11.1 Å². The zero-order chi connectivity index (χ0) is 21.7. The van der Waals surface area contributed by atoms with Gasteiger partial charge >= 0.3 is 0 Å². The highest BCUT2D eigenvalue weighted by molar-refractivity contribution is 6.23.